The Morgan fingerprint density at radius 3 is 2.32 bits per heavy atom. The first-order valence-electron chi connectivity index (χ1n) is 10.6. The van der Waals surface area contributed by atoms with Crippen molar-refractivity contribution in [1.29, 1.82) is 0 Å². The SMILES string of the molecule is CC(=O)NC1CCC(NC(=O)c2cc3c(C)nn(C4CCCCC4)c3s2)CC1. The van der Waals surface area contributed by atoms with Crippen LogP contribution in [-0.2, 0) is 4.79 Å². The third kappa shape index (κ3) is 4.09. The van der Waals surface area contributed by atoms with E-state index in [1.54, 1.807) is 18.3 Å². The first kappa shape index (κ1) is 19.4. The molecule has 6 nitrogen and oxygen atoms in total. The maximum absolute atomic E-state index is 12.8. The molecule has 7 heteroatoms. The Kier molecular flexibility index (Phi) is 5.71. The quantitative estimate of drug-likeness (QED) is 0.809. The van der Waals surface area contributed by atoms with Crippen molar-refractivity contribution in [2.75, 3.05) is 0 Å². The lowest BCUT2D eigenvalue weighted by Gasteiger charge is -2.29. The second kappa shape index (κ2) is 8.23. The molecular weight excluding hydrogens is 372 g/mol. The van der Waals surface area contributed by atoms with Gasteiger partial charge in [-0.15, -0.1) is 11.3 Å². The van der Waals surface area contributed by atoms with Gasteiger partial charge in [0.25, 0.3) is 5.91 Å². The van der Waals surface area contributed by atoms with Crippen LogP contribution in [0, 0.1) is 6.92 Å². The molecule has 2 aromatic heterocycles. The Labute approximate surface area is 170 Å². The Balaban J connectivity index is 1.43. The van der Waals surface area contributed by atoms with E-state index in [-0.39, 0.29) is 23.9 Å². The van der Waals surface area contributed by atoms with Crippen molar-refractivity contribution in [2.24, 2.45) is 0 Å². The first-order valence-corrected chi connectivity index (χ1v) is 11.4. The summed E-state index contributed by atoms with van der Waals surface area (Å²) in [6, 6.07) is 2.93. The van der Waals surface area contributed by atoms with Crippen molar-refractivity contribution in [3.05, 3.63) is 16.6 Å². The zero-order valence-electron chi connectivity index (χ0n) is 16.8. The third-order valence-corrected chi connectivity index (χ3v) is 7.31. The number of amides is 2. The molecule has 0 saturated heterocycles. The molecule has 152 valence electrons. The standard InChI is InChI=1S/C21H30N4O2S/c1-13-18-12-19(28-21(18)25(24-13)17-6-4-3-5-7-17)20(27)23-16-10-8-15(9-11-16)22-14(2)26/h12,15-17H,3-11H2,1-2H3,(H,22,26)(H,23,27). The fraction of sp³-hybridized carbons (Fsp3) is 0.667. The van der Waals surface area contributed by atoms with E-state index in [0.717, 1.165) is 46.5 Å². The van der Waals surface area contributed by atoms with Crippen LogP contribution in [0.2, 0.25) is 0 Å². The Bertz CT molecular complexity index is 857. The molecule has 2 fully saturated rings. The average molecular weight is 403 g/mol. The van der Waals surface area contributed by atoms with Crippen molar-refractivity contribution < 1.29 is 9.59 Å². The summed E-state index contributed by atoms with van der Waals surface area (Å²) < 4.78 is 2.18. The van der Waals surface area contributed by atoms with Gasteiger partial charge >= 0.3 is 0 Å². The molecule has 2 aromatic rings. The third-order valence-electron chi connectivity index (χ3n) is 6.18. The fourth-order valence-electron chi connectivity index (χ4n) is 4.68. The number of hydrogen-bond donors (Lipinski definition) is 2. The maximum Gasteiger partial charge on any atom is 0.261 e. The van der Waals surface area contributed by atoms with Gasteiger partial charge in [-0.25, -0.2) is 0 Å². The molecule has 2 saturated carbocycles. The zero-order chi connectivity index (χ0) is 19.7. The number of carbonyl (C=O) groups is 2. The maximum atomic E-state index is 12.8. The van der Waals surface area contributed by atoms with Crippen molar-refractivity contribution in [2.45, 2.75) is 89.8 Å². The van der Waals surface area contributed by atoms with Gasteiger partial charge in [0.05, 0.1) is 16.6 Å². The predicted octanol–water partition coefficient (Wildman–Crippen LogP) is 4.09. The highest BCUT2D eigenvalue weighted by Gasteiger charge is 2.26. The average Bonchev–Trinajstić information content (AvgIpc) is 3.24. The van der Waals surface area contributed by atoms with E-state index >= 15 is 0 Å². The smallest absolute Gasteiger partial charge is 0.261 e. The molecule has 0 radical (unpaired) electrons. The van der Waals surface area contributed by atoms with E-state index in [1.807, 2.05) is 13.0 Å². The molecule has 0 aromatic carbocycles. The molecule has 2 aliphatic rings. The highest BCUT2D eigenvalue weighted by Crippen LogP contribution is 2.35. The van der Waals surface area contributed by atoms with Gasteiger partial charge in [0.1, 0.15) is 4.83 Å². The van der Waals surface area contributed by atoms with Gasteiger partial charge in [0, 0.05) is 24.4 Å². The summed E-state index contributed by atoms with van der Waals surface area (Å²) in [5, 5.41) is 12.1. The van der Waals surface area contributed by atoms with Crippen molar-refractivity contribution >= 4 is 33.4 Å². The summed E-state index contributed by atoms with van der Waals surface area (Å²) in [7, 11) is 0. The van der Waals surface area contributed by atoms with Gasteiger partial charge in [0.15, 0.2) is 0 Å². The number of aryl methyl sites for hydroxylation is 1. The summed E-state index contributed by atoms with van der Waals surface area (Å²) in [5.41, 5.74) is 1.02. The molecule has 2 amide bonds. The monoisotopic (exact) mass is 402 g/mol. The van der Waals surface area contributed by atoms with Crippen LogP contribution >= 0.6 is 11.3 Å². The van der Waals surface area contributed by atoms with Crippen LogP contribution in [0.4, 0.5) is 0 Å². The summed E-state index contributed by atoms with van der Waals surface area (Å²) in [6.07, 6.45) is 9.91. The normalized spacial score (nSPS) is 23.6. The van der Waals surface area contributed by atoms with Crippen LogP contribution in [0.25, 0.3) is 10.2 Å². The number of nitrogens with zero attached hydrogens (tertiary/aromatic N) is 2. The zero-order valence-corrected chi connectivity index (χ0v) is 17.6. The summed E-state index contributed by atoms with van der Waals surface area (Å²) in [5.74, 6) is 0.0545. The van der Waals surface area contributed by atoms with Gasteiger partial charge in [-0.2, -0.15) is 5.10 Å². The Morgan fingerprint density at radius 2 is 1.68 bits per heavy atom. The predicted molar refractivity (Wildman–Crippen MR) is 112 cm³/mol. The molecule has 2 aliphatic carbocycles. The number of rotatable bonds is 4. The van der Waals surface area contributed by atoms with Gasteiger partial charge < -0.3 is 10.6 Å². The van der Waals surface area contributed by atoms with Crippen molar-refractivity contribution in [1.82, 2.24) is 20.4 Å². The summed E-state index contributed by atoms with van der Waals surface area (Å²) in [4.78, 5) is 26.0. The largest absolute Gasteiger partial charge is 0.354 e. The van der Waals surface area contributed by atoms with Crippen LogP contribution in [0.3, 0.4) is 0 Å². The molecule has 2 heterocycles. The van der Waals surface area contributed by atoms with E-state index < -0.39 is 0 Å². The fourth-order valence-corrected chi connectivity index (χ4v) is 5.82. The van der Waals surface area contributed by atoms with E-state index in [9.17, 15) is 9.59 Å². The minimum atomic E-state index is 0.0266. The molecule has 4 rings (SSSR count). The van der Waals surface area contributed by atoms with Crippen LogP contribution < -0.4 is 10.6 Å². The molecular formula is C21H30N4O2S. The topological polar surface area (TPSA) is 76.0 Å². The lowest BCUT2D eigenvalue weighted by atomic mass is 9.91. The summed E-state index contributed by atoms with van der Waals surface area (Å²) in [6.45, 7) is 3.60. The number of nitrogens with one attached hydrogen (secondary N) is 2. The van der Waals surface area contributed by atoms with Crippen LogP contribution in [-0.4, -0.2) is 33.7 Å². The minimum absolute atomic E-state index is 0.0266. The first-order chi connectivity index (χ1) is 13.5. The molecule has 0 unspecified atom stereocenters. The van der Waals surface area contributed by atoms with Gasteiger partial charge in [0.2, 0.25) is 5.91 Å². The van der Waals surface area contributed by atoms with Crippen LogP contribution in [0.1, 0.15) is 86.1 Å². The van der Waals surface area contributed by atoms with Crippen LogP contribution in [0.5, 0.6) is 0 Å². The molecule has 2 N–H and O–H groups in total. The number of aromatic nitrogens is 2. The molecule has 0 aliphatic heterocycles. The second-order valence-corrected chi connectivity index (χ2v) is 9.40. The number of fused-ring (bicyclic) bond motifs is 1. The number of carbonyl (C=O) groups excluding carboxylic acids is 2. The van der Waals surface area contributed by atoms with Gasteiger partial charge in [-0.05, 0) is 51.5 Å². The minimum Gasteiger partial charge on any atom is -0.354 e. The van der Waals surface area contributed by atoms with E-state index in [4.69, 9.17) is 5.10 Å². The van der Waals surface area contributed by atoms with E-state index in [0.29, 0.717) is 6.04 Å². The summed E-state index contributed by atoms with van der Waals surface area (Å²) >= 11 is 1.58. The highest BCUT2D eigenvalue weighted by atomic mass is 32.1. The van der Waals surface area contributed by atoms with E-state index in [2.05, 4.69) is 15.3 Å². The second-order valence-electron chi connectivity index (χ2n) is 8.37. The van der Waals surface area contributed by atoms with Crippen LogP contribution in [0.15, 0.2) is 6.07 Å². The lowest BCUT2D eigenvalue weighted by Crippen LogP contribution is -2.43. The van der Waals surface area contributed by atoms with E-state index in [1.165, 1.54) is 32.1 Å². The highest BCUT2D eigenvalue weighted by molar-refractivity contribution is 7.20. The number of hydrogen-bond acceptors (Lipinski definition) is 4. The molecule has 0 atom stereocenters. The van der Waals surface area contributed by atoms with Crippen molar-refractivity contribution in [3.63, 3.8) is 0 Å². The molecule has 0 bridgehead atoms. The number of thiophene rings is 1. The lowest BCUT2D eigenvalue weighted by molar-refractivity contribution is -0.119. The van der Waals surface area contributed by atoms with Gasteiger partial charge in [-0.1, -0.05) is 19.3 Å². The Hall–Kier alpha value is -1.89. The molecule has 0 spiro atoms. The Morgan fingerprint density at radius 1 is 1.04 bits per heavy atom. The molecule has 28 heavy (non-hydrogen) atoms. The van der Waals surface area contributed by atoms with Crippen molar-refractivity contribution in [3.8, 4) is 0 Å². The van der Waals surface area contributed by atoms with Gasteiger partial charge in [-0.3, -0.25) is 14.3 Å².